The number of aromatic nitrogens is 1. The van der Waals surface area contributed by atoms with Gasteiger partial charge in [0.15, 0.2) is 11.5 Å². The molecule has 0 atom stereocenters. The molecule has 2 aromatic heterocycles. The van der Waals surface area contributed by atoms with Gasteiger partial charge in [-0.15, -0.1) is 0 Å². The molecule has 24 heavy (non-hydrogen) atoms. The number of nitrogens with one attached hydrogen (secondary N) is 1. The molecule has 0 saturated heterocycles. The van der Waals surface area contributed by atoms with E-state index in [2.05, 4.69) is 22.6 Å². The number of carbonyl (C=O) groups excluding carboxylic acids is 1. The highest BCUT2D eigenvalue weighted by Crippen LogP contribution is 2.27. The summed E-state index contributed by atoms with van der Waals surface area (Å²) in [7, 11) is 0. The van der Waals surface area contributed by atoms with Gasteiger partial charge in [0.1, 0.15) is 5.56 Å². The van der Waals surface area contributed by atoms with Crippen LogP contribution in [0.3, 0.4) is 0 Å². The fraction of sp³-hybridized carbons (Fsp3) is 0.222. The van der Waals surface area contributed by atoms with E-state index in [0.717, 1.165) is 19.3 Å². The summed E-state index contributed by atoms with van der Waals surface area (Å²) in [6, 6.07) is 13.7. The Bertz CT molecular complexity index is 779. The van der Waals surface area contributed by atoms with E-state index in [-0.39, 0.29) is 17.4 Å². The quantitative estimate of drug-likeness (QED) is 0.650. The van der Waals surface area contributed by atoms with E-state index in [0.29, 0.717) is 18.0 Å². The zero-order chi connectivity index (χ0) is 16.8. The number of rotatable bonds is 7. The molecule has 6 nitrogen and oxygen atoms in total. The van der Waals surface area contributed by atoms with Gasteiger partial charge in [-0.2, -0.15) is 0 Å². The largest absolute Gasteiger partial charge is 0.463 e. The molecular weight excluding hydrogens is 306 g/mol. The number of unbranched alkanes of at least 4 members (excludes halogenated alkanes) is 1. The lowest BCUT2D eigenvalue weighted by Crippen LogP contribution is -2.25. The molecular formula is C18H19N3O3. The lowest BCUT2D eigenvalue weighted by atomic mass is 10.1. The predicted molar refractivity (Wildman–Crippen MR) is 90.3 cm³/mol. The third kappa shape index (κ3) is 3.65. The summed E-state index contributed by atoms with van der Waals surface area (Å²) < 4.78 is 10.2. The van der Waals surface area contributed by atoms with Crippen molar-refractivity contribution >= 4 is 11.8 Å². The number of nitrogens with two attached hydrogens (primary N) is 1. The molecule has 0 unspecified atom stereocenters. The minimum Gasteiger partial charge on any atom is -0.463 e. The number of nitrogens with zero attached hydrogens (tertiary/aromatic N) is 1. The smallest absolute Gasteiger partial charge is 0.259 e. The Hall–Kier alpha value is -3.02. The highest BCUT2D eigenvalue weighted by atomic mass is 16.5. The Morgan fingerprint density at radius 1 is 1.12 bits per heavy atom. The number of furan rings is 1. The second kappa shape index (κ2) is 7.50. The number of carbonyl (C=O) groups is 1. The predicted octanol–water partition coefficient (Wildman–Crippen LogP) is 3.27. The van der Waals surface area contributed by atoms with Gasteiger partial charge in [-0.05, 0) is 37.0 Å². The van der Waals surface area contributed by atoms with Crippen molar-refractivity contribution in [2.24, 2.45) is 0 Å². The Morgan fingerprint density at radius 2 is 1.96 bits per heavy atom. The lowest BCUT2D eigenvalue weighted by Gasteiger charge is -2.05. The Labute approximate surface area is 139 Å². The summed E-state index contributed by atoms with van der Waals surface area (Å²) in [5, 5.41) is 6.66. The normalized spacial score (nSPS) is 10.7. The number of amides is 1. The van der Waals surface area contributed by atoms with Crippen LogP contribution in [-0.2, 0) is 6.42 Å². The first-order valence-corrected chi connectivity index (χ1v) is 7.87. The van der Waals surface area contributed by atoms with E-state index in [9.17, 15) is 4.79 Å². The van der Waals surface area contributed by atoms with Crippen LogP contribution < -0.4 is 11.1 Å². The topological polar surface area (TPSA) is 94.3 Å². The van der Waals surface area contributed by atoms with Crippen molar-refractivity contribution in [3.05, 3.63) is 59.9 Å². The third-order valence-corrected chi connectivity index (χ3v) is 3.72. The van der Waals surface area contributed by atoms with Crippen LogP contribution in [0.4, 0.5) is 5.88 Å². The van der Waals surface area contributed by atoms with E-state index < -0.39 is 0 Å². The molecule has 6 heteroatoms. The molecule has 3 rings (SSSR count). The Morgan fingerprint density at radius 3 is 2.71 bits per heavy atom. The van der Waals surface area contributed by atoms with Gasteiger partial charge in [-0.3, -0.25) is 4.79 Å². The minimum atomic E-state index is -0.306. The zero-order valence-corrected chi connectivity index (χ0v) is 13.2. The van der Waals surface area contributed by atoms with Crippen LogP contribution in [0.1, 0.15) is 28.8 Å². The number of aryl methyl sites for hydroxylation is 1. The molecule has 0 aliphatic heterocycles. The van der Waals surface area contributed by atoms with Crippen LogP contribution in [0.2, 0.25) is 0 Å². The fourth-order valence-electron chi connectivity index (χ4n) is 2.49. The minimum absolute atomic E-state index is 0.0109. The average Bonchev–Trinajstić information content (AvgIpc) is 3.24. The molecule has 0 fully saturated rings. The van der Waals surface area contributed by atoms with Crippen molar-refractivity contribution in [2.75, 3.05) is 12.3 Å². The summed E-state index contributed by atoms with van der Waals surface area (Å²) in [5.41, 5.74) is 7.56. The monoisotopic (exact) mass is 325 g/mol. The lowest BCUT2D eigenvalue weighted by molar-refractivity contribution is 0.0954. The third-order valence-electron chi connectivity index (χ3n) is 3.72. The molecule has 1 aromatic carbocycles. The molecule has 0 aliphatic carbocycles. The number of benzene rings is 1. The first-order chi connectivity index (χ1) is 11.8. The highest BCUT2D eigenvalue weighted by Gasteiger charge is 2.23. The molecule has 2 heterocycles. The molecule has 0 aliphatic rings. The molecule has 0 bridgehead atoms. The van der Waals surface area contributed by atoms with Gasteiger partial charge in [-0.25, -0.2) is 0 Å². The Kier molecular flexibility index (Phi) is 4.96. The maximum absolute atomic E-state index is 12.3. The van der Waals surface area contributed by atoms with Crippen LogP contribution in [0.5, 0.6) is 0 Å². The van der Waals surface area contributed by atoms with E-state index in [1.54, 1.807) is 12.1 Å². The molecule has 0 radical (unpaired) electrons. The maximum Gasteiger partial charge on any atom is 0.259 e. The summed E-state index contributed by atoms with van der Waals surface area (Å²) in [4.78, 5) is 12.3. The average molecular weight is 325 g/mol. The van der Waals surface area contributed by atoms with E-state index in [1.807, 2.05) is 18.2 Å². The van der Waals surface area contributed by atoms with Crippen molar-refractivity contribution in [3.63, 3.8) is 0 Å². The van der Waals surface area contributed by atoms with Gasteiger partial charge >= 0.3 is 0 Å². The fourth-order valence-corrected chi connectivity index (χ4v) is 2.49. The summed E-state index contributed by atoms with van der Waals surface area (Å²) in [6.07, 6.45) is 4.37. The maximum atomic E-state index is 12.3. The van der Waals surface area contributed by atoms with Crippen LogP contribution >= 0.6 is 0 Å². The SMILES string of the molecule is Nc1onc(-c2ccco2)c1C(=O)NCCCCc1ccccc1. The molecule has 3 aromatic rings. The van der Waals surface area contributed by atoms with Crippen molar-refractivity contribution in [3.8, 4) is 11.5 Å². The highest BCUT2D eigenvalue weighted by molar-refractivity contribution is 6.03. The molecule has 0 saturated carbocycles. The van der Waals surface area contributed by atoms with E-state index >= 15 is 0 Å². The van der Waals surface area contributed by atoms with E-state index in [1.165, 1.54) is 11.8 Å². The van der Waals surface area contributed by atoms with Crippen molar-refractivity contribution < 1.29 is 13.7 Å². The second-order valence-electron chi connectivity index (χ2n) is 5.45. The second-order valence-corrected chi connectivity index (χ2v) is 5.45. The van der Waals surface area contributed by atoms with Crippen molar-refractivity contribution in [1.82, 2.24) is 10.5 Å². The summed E-state index contributed by atoms with van der Waals surface area (Å²) in [5.74, 6) is 0.132. The number of hydrogen-bond acceptors (Lipinski definition) is 5. The number of nitrogen functional groups attached to an aromatic ring is 1. The Balaban J connectivity index is 1.52. The van der Waals surface area contributed by atoms with Gasteiger partial charge in [0.05, 0.1) is 6.26 Å². The molecule has 0 spiro atoms. The first kappa shape index (κ1) is 15.9. The van der Waals surface area contributed by atoms with Gasteiger partial charge in [-0.1, -0.05) is 35.5 Å². The van der Waals surface area contributed by atoms with Gasteiger partial charge < -0.3 is 20.0 Å². The van der Waals surface area contributed by atoms with E-state index in [4.69, 9.17) is 14.7 Å². The van der Waals surface area contributed by atoms with Gasteiger partial charge in [0.2, 0.25) is 5.88 Å². The number of hydrogen-bond donors (Lipinski definition) is 2. The van der Waals surface area contributed by atoms with Crippen molar-refractivity contribution in [1.29, 1.82) is 0 Å². The van der Waals surface area contributed by atoms with Crippen LogP contribution in [0.25, 0.3) is 11.5 Å². The van der Waals surface area contributed by atoms with Crippen LogP contribution in [0.15, 0.2) is 57.7 Å². The van der Waals surface area contributed by atoms with Crippen molar-refractivity contribution in [2.45, 2.75) is 19.3 Å². The number of anilines is 1. The van der Waals surface area contributed by atoms with Gasteiger partial charge in [0, 0.05) is 6.54 Å². The molecule has 1 amide bonds. The molecule has 124 valence electrons. The van der Waals surface area contributed by atoms with Gasteiger partial charge in [0.25, 0.3) is 5.91 Å². The summed E-state index contributed by atoms with van der Waals surface area (Å²) in [6.45, 7) is 0.563. The van der Waals surface area contributed by atoms with Crippen LogP contribution in [-0.4, -0.2) is 17.6 Å². The first-order valence-electron chi connectivity index (χ1n) is 7.87. The molecule has 3 N–H and O–H groups in total. The zero-order valence-electron chi connectivity index (χ0n) is 13.2. The standard InChI is InChI=1S/C18H19N3O3/c19-17-15(16(21-24-17)14-10-6-12-23-14)18(22)20-11-5-4-9-13-7-2-1-3-8-13/h1-3,6-8,10,12H,4-5,9,11,19H2,(H,20,22). The summed E-state index contributed by atoms with van der Waals surface area (Å²) >= 11 is 0. The van der Waals surface area contributed by atoms with Crippen LogP contribution in [0, 0.1) is 0 Å².